The number of hydrogen-bond donors (Lipinski definition) is 2. The molecule has 10 atom stereocenters. The number of ether oxygens (including phenoxy) is 3. The third kappa shape index (κ3) is 14.2. The first kappa shape index (κ1) is 65.4. The van der Waals surface area contributed by atoms with Crippen LogP contribution < -0.4 is 10.1 Å². The van der Waals surface area contributed by atoms with E-state index in [1.165, 1.54) is 132 Å². The minimum atomic E-state index is -3.10. The molecular formula is C71H111N3O8S. The molecule has 0 spiro atoms. The van der Waals surface area contributed by atoms with Crippen molar-refractivity contribution in [1.29, 1.82) is 5.26 Å². The average molecular weight is 1170 g/mol. The quantitative estimate of drug-likeness (QED) is 0.0339. The number of nitriles is 1. The molecular weight excluding hydrogens is 1050 g/mol. The number of carbonyl (C=O) groups is 2. The van der Waals surface area contributed by atoms with E-state index in [-0.39, 0.29) is 50.9 Å². The fourth-order valence-electron chi connectivity index (χ4n) is 19.3. The van der Waals surface area contributed by atoms with E-state index >= 15 is 0 Å². The van der Waals surface area contributed by atoms with Crippen molar-refractivity contribution in [2.75, 3.05) is 26.2 Å². The first-order chi connectivity index (χ1) is 39.5. The molecule has 7 aliphatic rings. The number of aliphatic hydroxyl groups is 1. The second-order valence-electron chi connectivity index (χ2n) is 29.6. The van der Waals surface area contributed by atoms with Crippen LogP contribution in [0.2, 0.25) is 0 Å². The Balaban J connectivity index is 0.882. The van der Waals surface area contributed by atoms with Crippen molar-refractivity contribution < 1.29 is 37.3 Å². The van der Waals surface area contributed by atoms with Gasteiger partial charge >= 0.3 is 11.9 Å². The Morgan fingerprint density at radius 1 is 0.783 bits per heavy atom. The van der Waals surface area contributed by atoms with Crippen molar-refractivity contribution in [3.63, 3.8) is 0 Å². The molecule has 7 aliphatic carbocycles. The summed E-state index contributed by atoms with van der Waals surface area (Å²) in [6, 6.07) is 5.53. The van der Waals surface area contributed by atoms with Gasteiger partial charge in [-0.2, -0.15) is 5.26 Å². The molecule has 5 fully saturated rings. The number of unbranched alkanes of at least 4 members (excludes halogenated alkanes) is 14. The number of esters is 2. The summed E-state index contributed by atoms with van der Waals surface area (Å²) in [7, 11) is -3.10. The molecule has 2 N–H and O–H groups in total. The van der Waals surface area contributed by atoms with E-state index in [4.69, 9.17) is 14.2 Å². The van der Waals surface area contributed by atoms with Crippen LogP contribution in [-0.2, 0) is 28.9 Å². The molecule has 1 aromatic rings. The van der Waals surface area contributed by atoms with Crippen molar-refractivity contribution >= 4 is 21.8 Å². The molecule has 0 bridgehead atoms. The average Bonchev–Trinajstić information content (AvgIpc) is 3.34. The van der Waals surface area contributed by atoms with Gasteiger partial charge in [-0.05, 0) is 204 Å². The number of nitrogens with zero attached hydrogens (tertiary/aromatic N) is 2. The highest BCUT2D eigenvalue weighted by Gasteiger charge is 2.70. The van der Waals surface area contributed by atoms with Crippen molar-refractivity contribution in [2.45, 2.75) is 277 Å². The lowest BCUT2D eigenvalue weighted by atomic mass is 9.33. The lowest BCUT2D eigenvalue weighted by Crippen LogP contribution is -2.68. The molecule has 0 aliphatic heterocycles. The van der Waals surface area contributed by atoms with Gasteiger partial charge in [-0.1, -0.05) is 156 Å². The van der Waals surface area contributed by atoms with Gasteiger partial charge in [0.25, 0.3) is 0 Å². The maximum Gasteiger partial charge on any atom is 0.318 e. The number of fused-ring (bicyclic) bond motifs is 7. The summed E-state index contributed by atoms with van der Waals surface area (Å²) in [5.74, 6) is 2.00. The minimum Gasteiger partial charge on any atom is -0.475 e. The zero-order chi connectivity index (χ0) is 59.7. The Hall–Kier alpha value is -3.53. The fourth-order valence-corrected chi connectivity index (χ4v) is 20.4. The number of rotatable bonds is 29. The molecule has 11 nitrogen and oxygen atoms in total. The molecule has 12 heteroatoms. The minimum absolute atomic E-state index is 0.0125. The van der Waals surface area contributed by atoms with Crippen molar-refractivity contribution in [1.82, 2.24) is 10.3 Å². The summed E-state index contributed by atoms with van der Waals surface area (Å²) < 4.78 is 42.2. The SMILES string of the molecule is C=C(C)[C@@H]1CC[C@]2(NCCC3(O)CCC(S(C)(=O)=O)CC3)CC[C@]3(C)[C@H](CC[C@@H]4[C@@]5(C)CC=C(C6=CC[C@@](COc7ncccc7C#N)(C(=O)OCOC(=O)CCCCCCCCCCCCCCCCC)CC6)C(C)(C)[C@@H]5CC[C@]43C)[C@@H]12. The van der Waals surface area contributed by atoms with Gasteiger partial charge in [0, 0.05) is 24.4 Å². The summed E-state index contributed by atoms with van der Waals surface area (Å²) >= 11 is 0. The van der Waals surface area contributed by atoms with Crippen LogP contribution >= 0.6 is 0 Å². The summed E-state index contributed by atoms with van der Waals surface area (Å²) in [5.41, 5.74) is 2.86. The van der Waals surface area contributed by atoms with Gasteiger partial charge < -0.3 is 24.6 Å². The molecule has 8 rings (SSSR count). The van der Waals surface area contributed by atoms with Gasteiger partial charge in [0.05, 0.1) is 10.9 Å². The molecule has 1 heterocycles. The van der Waals surface area contributed by atoms with Crippen LogP contribution in [0.3, 0.4) is 0 Å². The number of allylic oxidation sites excluding steroid dienone is 5. The summed E-state index contributed by atoms with van der Waals surface area (Å²) in [6.07, 6.45) is 41.8. The zero-order valence-electron chi connectivity index (χ0n) is 53.1. The standard InChI is InChI=1S/C71H111N3O8S/c1-10-11-12-13-14-15-16-17-18-19-20-21-22-23-24-27-61(75)81-51-82-64(76)69(50-80-63-54(49-72)26-25-47-73-63)39-30-53(31-40-69)57-35-37-66(6)59(65(57,4)5)36-38-68(8)60(66)29-28-58-62-56(52(2)3)34-43-71(62,45-44-67(58,68)7)74-48-46-70(77)41-32-55(33-42-70)83(9,78)79/h25-26,30,35,47,55-56,58-60,62,74,77H,2,10-24,27-29,31-34,36-46,48,50-51H2,1,3-9H3/t55?,56-,58+,59-,60+,62+,66-,67+,68+,69+,70?,71-/m0/s1. The molecule has 0 amide bonds. The molecule has 1 aromatic heterocycles. The maximum atomic E-state index is 14.3. The lowest BCUT2D eigenvalue weighted by molar-refractivity contribution is -0.221. The van der Waals surface area contributed by atoms with Gasteiger partial charge in [-0.25, -0.2) is 13.4 Å². The second-order valence-corrected chi connectivity index (χ2v) is 31.9. The first-order valence-electron chi connectivity index (χ1n) is 33.5. The highest BCUT2D eigenvalue weighted by atomic mass is 32.2. The molecule has 464 valence electrons. The Morgan fingerprint density at radius 2 is 1.45 bits per heavy atom. The summed E-state index contributed by atoms with van der Waals surface area (Å²) in [5, 5.41) is 25.4. The second kappa shape index (κ2) is 27.7. The largest absolute Gasteiger partial charge is 0.475 e. The number of hydrogen-bond acceptors (Lipinski definition) is 11. The highest BCUT2D eigenvalue weighted by Crippen LogP contribution is 2.76. The van der Waals surface area contributed by atoms with Gasteiger partial charge in [0.15, 0.2) is 0 Å². The van der Waals surface area contributed by atoms with Crippen molar-refractivity contribution in [3.8, 4) is 11.9 Å². The van der Waals surface area contributed by atoms with Gasteiger partial charge in [-0.15, -0.1) is 0 Å². The molecule has 83 heavy (non-hydrogen) atoms. The van der Waals surface area contributed by atoms with E-state index < -0.39 is 33.6 Å². The summed E-state index contributed by atoms with van der Waals surface area (Å²) in [6.45, 7) is 22.5. The monoisotopic (exact) mass is 1170 g/mol. The van der Waals surface area contributed by atoms with E-state index in [0.717, 1.165) is 51.5 Å². The predicted octanol–water partition coefficient (Wildman–Crippen LogP) is 16.4. The number of carbonyl (C=O) groups excluding carboxylic acids is 2. The van der Waals surface area contributed by atoms with E-state index in [1.807, 2.05) is 0 Å². The Bertz CT molecular complexity index is 2610. The van der Waals surface area contributed by atoms with E-state index in [0.29, 0.717) is 92.9 Å². The third-order valence-electron chi connectivity index (χ3n) is 24.3. The van der Waals surface area contributed by atoms with Crippen LogP contribution in [-0.4, -0.2) is 73.0 Å². The number of aromatic nitrogens is 1. The van der Waals surface area contributed by atoms with E-state index in [2.05, 4.69) is 83.6 Å². The molecule has 0 saturated heterocycles. The zero-order valence-corrected chi connectivity index (χ0v) is 53.9. The molecule has 0 radical (unpaired) electrons. The Kier molecular flexibility index (Phi) is 21.8. The summed E-state index contributed by atoms with van der Waals surface area (Å²) in [4.78, 5) is 31.5. The molecule has 0 aromatic carbocycles. The molecule has 5 saturated carbocycles. The fraction of sp³-hybridized carbons (Fsp3) is 0.803. The highest BCUT2D eigenvalue weighted by molar-refractivity contribution is 7.91. The topological polar surface area (TPSA) is 165 Å². The lowest BCUT2D eigenvalue weighted by Gasteiger charge is -2.72. The van der Waals surface area contributed by atoms with Crippen LogP contribution in [0.15, 0.2) is 53.8 Å². The smallest absolute Gasteiger partial charge is 0.318 e. The number of sulfone groups is 1. The number of pyridine rings is 1. The third-order valence-corrected chi connectivity index (χ3v) is 26.0. The van der Waals surface area contributed by atoms with Crippen molar-refractivity contribution in [2.24, 2.45) is 56.7 Å². The van der Waals surface area contributed by atoms with Crippen LogP contribution in [0.25, 0.3) is 0 Å². The van der Waals surface area contributed by atoms with E-state index in [9.17, 15) is 28.4 Å². The number of nitrogens with one attached hydrogen (secondary N) is 1. The van der Waals surface area contributed by atoms with Gasteiger partial charge in [-0.3, -0.25) is 9.59 Å². The van der Waals surface area contributed by atoms with Crippen LogP contribution in [0.4, 0.5) is 0 Å². The van der Waals surface area contributed by atoms with Crippen molar-refractivity contribution in [3.05, 3.63) is 59.3 Å². The molecule has 0 unspecified atom stereocenters. The Labute approximate surface area is 503 Å². The van der Waals surface area contributed by atoms with Gasteiger partial charge in [0.2, 0.25) is 12.7 Å². The van der Waals surface area contributed by atoms with E-state index in [1.54, 1.807) is 18.3 Å². The van der Waals surface area contributed by atoms with Crippen LogP contribution in [0.5, 0.6) is 5.88 Å². The van der Waals surface area contributed by atoms with Crippen LogP contribution in [0.1, 0.15) is 266 Å². The normalized spacial score (nSPS) is 34.6. The predicted molar refractivity (Wildman–Crippen MR) is 333 cm³/mol. The Morgan fingerprint density at radius 3 is 2.06 bits per heavy atom. The van der Waals surface area contributed by atoms with Crippen LogP contribution in [0, 0.1) is 68.0 Å². The first-order valence-corrected chi connectivity index (χ1v) is 35.5. The van der Waals surface area contributed by atoms with Gasteiger partial charge in [0.1, 0.15) is 33.5 Å². The maximum absolute atomic E-state index is 14.3.